The molecule has 0 bridgehead atoms. The summed E-state index contributed by atoms with van der Waals surface area (Å²) >= 11 is 1.49. The number of hydrazine groups is 1. The van der Waals surface area contributed by atoms with Crippen LogP contribution in [0.15, 0.2) is 84.9 Å². The molecule has 0 aliphatic carbocycles. The minimum Gasteiger partial charge on any atom is -0.273 e. The second kappa shape index (κ2) is 10.4. The molecule has 2 amide bonds. The molecule has 0 saturated heterocycles. The monoisotopic (exact) mass is 408 g/mol. The third-order valence-electron chi connectivity index (χ3n) is 4.21. The van der Waals surface area contributed by atoms with Crippen LogP contribution in [0.2, 0.25) is 0 Å². The van der Waals surface area contributed by atoms with Crippen molar-refractivity contribution in [3.05, 3.63) is 107 Å². The lowest BCUT2D eigenvalue weighted by Gasteiger charge is -2.17. The first-order valence-electron chi connectivity index (χ1n) is 9.15. The molecule has 0 aliphatic heterocycles. The van der Waals surface area contributed by atoms with Gasteiger partial charge in [-0.3, -0.25) is 20.4 Å². The van der Waals surface area contributed by atoms with Gasteiger partial charge in [0.25, 0.3) is 0 Å². The van der Waals surface area contributed by atoms with E-state index in [1.54, 1.807) is 0 Å². The predicted octanol–water partition coefficient (Wildman–Crippen LogP) is 4.04. The number of carbonyl (C=O) groups excluding carboxylic acids is 2. The number of nitrogens with one attached hydrogen (secondary N) is 2. The van der Waals surface area contributed by atoms with Crippen molar-refractivity contribution in [1.29, 1.82) is 0 Å². The molecule has 3 rings (SSSR count). The summed E-state index contributed by atoms with van der Waals surface area (Å²) in [5.41, 5.74) is 7.73. The van der Waals surface area contributed by atoms with Crippen LogP contribution in [-0.2, 0) is 16.0 Å². The standard InChI is InChI=1S/C23H21FN2O2S/c24-20-13-11-17(12-14-20)15-21(27)25-26-22(28)16-29-23(18-7-3-1-4-8-18)19-9-5-2-6-10-19/h1-14,23H,15-16H2,(H,25,27)(H,26,28). The topological polar surface area (TPSA) is 58.2 Å². The van der Waals surface area contributed by atoms with Gasteiger partial charge in [-0.15, -0.1) is 11.8 Å². The smallest absolute Gasteiger partial charge is 0.248 e. The summed E-state index contributed by atoms with van der Waals surface area (Å²) in [6.07, 6.45) is 0.0599. The highest BCUT2D eigenvalue weighted by Gasteiger charge is 2.16. The van der Waals surface area contributed by atoms with Crippen molar-refractivity contribution in [2.24, 2.45) is 0 Å². The van der Waals surface area contributed by atoms with E-state index >= 15 is 0 Å². The Kier molecular flexibility index (Phi) is 7.41. The minimum absolute atomic E-state index is 0.0121. The van der Waals surface area contributed by atoms with E-state index in [0.717, 1.165) is 11.1 Å². The lowest BCUT2D eigenvalue weighted by molar-refractivity contribution is -0.127. The Labute approximate surface area is 173 Å². The van der Waals surface area contributed by atoms with Gasteiger partial charge < -0.3 is 0 Å². The average molecular weight is 408 g/mol. The van der Waals surface area contributed by atoms with Crippen molar-refractivity contribution in [2.75, 3.05) is 5.75 Å². The molecule has 0 spiro atoms. The van der Waals surface area contributed by atoms with Crippen LogP contribution in [0.25, 0.3) is 0 Å². The molecule has 4 nitrogen and oxygen atoms in total. The predicted molar refractivity (Wildman–Crippen MR) is 114 cm³/mol. The van der Waals surface area contributed by atoms with E-state index in [-0.39, 0.29) is 35.1 Å². The maximum absolute atomic E-state index is 12.9. The number of halogens is 1. The van der Waals surface area contributed by atoms with E-state index in [0.29, 0.717) is 5.56 Å². The van der Waals surface area contributed by atoms with E-state index < -0.39 is 0 Å². The number of hydrogen-bond acceptors (Lipinski definition) is 3. The highest BCUT2D eigenvalue weighted by molar-refractivity contribution is 8.00. The lowest BCUT2D eigenvalue weighted by atomic mass is 10.0. The van der Waals surface area contributed by atoms with Crippen molar-refractivity contribution in [2.45, 2.75) is 11.7 Å². The fraction of sp³-hybridized carbons (Fsp3) is 0.130. The van der Waals surface area contributed by atoms with Crippen LogP contribution in [0.1, 0.15) is 21.9 Å². The molecule has 0 aromatic heterocycles. The zero-order valence-electron chi connectivity index (χ0n) is 15.7. The molecule has 0 radical (unpaired) electrons. The lowest BCUT2D eigenvalue weighted by Crippen LogP contribution is -2.43. The molecular formula is C23H21FN2O2S. The zero-order valence-corrected chi connectivity index (χ0v) is 16.5. The SMILES string of the molecule is O=C(CSC(c1ccccc1)c1ccccc1)NNC(=O)Cc1ccc(F)cc1. The maximum atomic E-state index is 12.9. The Morgan fingerprint density at radius 3 is 1.83 bits per heavy atom. The number of rotatable bonds is 7. The van der Waals surface area contributed by atoms with Crippen LogP contribution in [0, 0.1) is 5.82 Å². The van der Waals surface area contributed by atoms with E-state index in [4.69, 9.17) is 0 Å². The fourth-order valence-corrected chi connectivity index (χ4v) is 3.90. The van der Waals surface area contributed by atoms with Gasteiger partial charge >= 0.3 is 0 Å². The summed E-state index contributed by atoms with van der Waals surface area (Å²) in [5, 5.41) is 0.0121. The maximum Gasteiger partial charge on any atom is 0.248 e. The zero-order chi connectivity index (χ0) is 20.5. The number of benzene rings is 3. The average Bonchev–Trinajstić information content (AvgIpc) is 2.75. The third kappa shape index (κ3) is 6.47. The molecule has 29 heavy (non-hydrogen) atoms. The number of thioether (sulfide) groups is 1. The van der Waals surface area contributed by atoms with Crippen LogP contribution in [0.5, 0.6) is 0 Å². The molecule has 3 aromatic carbocycles. The normalized spacial score (nSPS) is 10.6. The van der Waals surface area contributed by atoms with E-state index in [1.807, 2.05) is 60.7 Å². The molecule has 0 aliphatic rings. The summed E-state index contributed by atoms with van der Waals surface area (Å²) in [7, 11) is 0. The molecule has 0 unspecified atom stereocenters. The van der Waals surface area contributed by atoms with E-state index in [2.05, 4.69) is 10.9 Å². The van der Waals surface area contributed by atoms with Gasteiger partial charge in [0.2, 0.25) is 11.8 Å². The molecule has 3 aromatic rings. The van der Waals surface area contributed by atoms with Gasteiger partial charge in [0, 0.05) is 0 Å². The Bertz CT molecular complexity index is 895. The minimum atomic E-state index is -0.363. The molecule has 148 valence electrons. The molecule has 2 N–H and O–H groups in total. The highest BCUT2D eigenvalue weighted by atomic mass is 32.2. The van der Waals surface area contributed by atoms with E-state index in [9.17, 15) is 14.0 Å². The largest absolute Gasteiger partial charge is 0.273 e. The first kappa shape index (κ1) is 20.6. The Hall–Kier alpha value is -3.12. The second-order valence-corrected chi connectivity index (χ2v) is 7.51. The van der Waals surface area contributed by atoms with Crippen molar-refractivity contribution in [1.82, 2.24) is 10.9 Å². The quantitative estimate of drug-likeness (QED) is 0.580. The van der Waals surface area contributed by atoms with Crippen molar-refractivity contribution >= 4 is 23.6 Å². The molecule has 0 saturated carbocycles. The van der Waals surface area contributed by atoms with Crippen LogP contribution in [0.3, 0.4) is 0 Å². The molecule has 6 heteroatoms. The van der Waals surface area contributed by atoms with E-state index in [1.165, 1.54) is 36.0 Å². The Morgan fingerprint density at radius 2 is 1.28 bits per heavy atom. The number of amides is 2. The molecule has 0 heterocycles. The van der Waals surface area contributed by atoms with Gasteiger partial charge in [0.1, 0.15) is 5.82 Å². The van der Waals surface area contributed by atoms with Gasteiger partial charge in [-0.25, -0.2) is 4.39 Å². The third-order valence-corrected chi connectivity index (χ3v) is 5.51. The van der Waals surface area contributed by atoms with Gasteiger partial charge in [0.15, 0.2) is 0 Å². The van der Waals surface area contributed by atoms with Gasteiger partial charge in [-0.1, -0.05) is 72.8 Å². The van der Waals surface area contributed by atoms with Crippen LogP contribution >= 0.6 is 11.8 Å². The first-order valence-corrected chi connectivity index (χ1v) is 10.2. The summed E-state index contributed by atoms with van der Waals surface area (Å²) in [6, 6.07) is 25.6. The van der Waals surface area contributed by atoms with Gasteiger partial charge in [-0.05, 0) is 28.8 Å². The summed E-state index contributed by atoms with van der Waals surface area (Å²) in [4.78, 5) is 24.2. The van der Waals surface area contributed by atoms with Gasteiger partial charge in [0.05, 0.1) is 17.4 Å². The highest BCUT2D eigenvalue weighted by Crippen LogP contribution is 2.35. The van der Waals surface area contributed by atoms with Crippen LogP contribution in [-0.4, -0.2) is 17.6 Å². The summed E-state index contributed by atoms with van der Waals surface area (Å²) < 4.78 is 12.9. The number of hydrogen-bond donors (Lipinski definition) is 2. The van der Waals surface area contributed by atoms with Crippen molar-refractivity contribution in [3.8, 4) is 0 Å². The van der Waals surface area contributed by atoms with Crippen LogP contribution in [0.4, 0.5) is 4.39 Å². The molecule has 0 fully saturated rings. The summed E-state index contributed by atoms with van der Waals surface area (Å²) in [6.45, 7) is 0. The Balaban J connectivity index is 1.52. The molecule has 0 atom stereocenters. The molecular weight excluding hydrogens is 387 g/mol. The van der Waals surface area contributed by atoms with Gasteiger partial charge in [-0.2, -0.15) is 0 Å². The van der Waals surface area contributed by atoms with Crippen molar-refractivity contribution < 1.29 is 14.0 Å². The number of carbonyl (C=O) groups is 2. The second-order valence-electron chi connectivity index (χ2n) is 6.41. The summed E-state index contributed by atoms with van der Waals surface area (Å²) in [5.74, 6) is -0.825. The fourth-order valence-electron chi connectivity index (χ4n) is 2.81. The van der Waals surface area contributed by atoms with Crippen LogP contribution < -0.4 is 10.9 Å². The first-order chi connectivity index (χ1) is 14.1. The van der Waals surface area contributed by atoms with Crippen molar-refractivity contribution in [3.63, 3.8) is 0 Å². The Morgan fingerprint density at radius 1 is 0.759 bits per heavy atom.